The standard InChI is InChI=1S/C17H19N3O4S2/c1-11-17(12(2)24-19-11)15-7-8-16(25-15)26(21,22)20-14(10-23-3)13-6-4-5-9-18-13/h4-9,14,20H,10H2,1-3H3. The summed E-state index contributed by atoms with van der Waals surface area (Å²) in [5, 5.41) is 3.92. The molecule has 7 nitrogen and oxygen atoms in total. The molecular weight excluding hydrogens is 374 g/mol. The predicted octanol–water partition coefficient (Wildman–Crippen LogP) is 3.08. The molecule has 1 N–H and O–H groups in total. The van der Waals surface area contributed by atoms with Crippen LogP contribution < -0.4 is 4.72 Å². The van der Waals surface area contributed by atoms with Gasteiger partial charge in [-0.3, -0.25) is 4.98 Å². The lowest BCUT2D eigenvalue weighted by molar-refractivity contribution is 0.174. The van der Waals surface area contributed by atoms with Gasteiger partial charge in [0.15, 0.2) is 0 Å². The van der Waals surface area contributed by atoms with Crippen molar-refractivity contribution in [2.45, 2.75) is 24.1 Å². The monoisotopic (exact) mass is 393 g/mol. The Morgan fingerprint density at radius 2 is 2.08 bits per heavy atom. The van der Waals surface area contributed by atoms with Gasteiger partial charge in [-0.15, -0.1) is 11.3 Å². The molecule has 0 aromatic carbocycles. The van der Waals surface area contributed by atoms with Gasteiger partial charge in [-0.1, -0.05) is 11.2 Å². The second-order valence-electron chi connectivity index (χ2n) is 5.70. The number of hydrogen-bond acceptors (Lipinski definition) is 7. The summed E-state index contributed by atoms with van der Waals surface area (Å²) >= 11 is 1.17. The molecule has 0 aliphatic heterocycles. The highest BCUT2D eigenvalue weighted by molar-refractivity contribution is 7.91. The van der Waals surface area contributed by atoms with Gasteiger partial charge in [0, 0.05) is 18.2 Å². The van der Waals surface area contributed by atoms with E-state index in [-0.39, 0.29) is 10.8 Å². The van der Waals surface area contributed by atoms with Crippen molar-refractivity contribution in [3.8, 4) is 10.4 Å². The first-order chi connectivity index (χ1) is 12.4. The molecule has 1 atom stereocenters. The third kappa shape index (κ3) is 3.85. The van der Waals surface area contributed by atoms with E-state index in [1.165, 1.54) is 18.4 Å². The van der Waals surface area contributed by atoms with Gasteiger partial charge in [0.25, 0.3) is 10.0 Å². The number of thiophene rings is 1. The van der Waals surface area contributed by atoms with Crippen LogP contribution in [0.25, 0.3) is 10.4 Å². The van der Waals surface area contributed by atoms with E-state index >= 15 is 0 Å². The van der Waals surface area contributed by atoms with Gasteiger partial charge in [-0.2, -0.15) is 4.72 Å². The lowest BCUT2D eigenvalue weighted by Gasteiger charge is -2.16. The number of hydrogen-bond donors (Lipinski definition) is 1. The molecule has 3 heterocycles. The molecule has 3 rings (SSSR count). The third-order valence-corrected chi connectivity index (χ3v) is 6.87. The SMILES string of the molecule is COCC(NS(=O)(=O)c1ccc(-c2c(C)noc2C)s1)c1ccccn1. The highest BCUT2D eigenvalue weighted by Gasteiger charge is 2.25. The summed E-state index contributed by atoms with van der Waals surface area (Å²) in [5.74, 6) is 0.659. The zero-order valence-electron chi connectivity index (χ0n) is 14.6. The van der Waals surface area contributed by atoms with Crippen LogP contribution in [-0.2, 0) is 14.8 Å². The number of aromatic nitrogens is 2. The van der Waals surface area contributed by atoms with Gasteiger partial charge in [-0.05, 0) is 38.1 Å². The Labute approximate surface area is 156 Å². The Hall–Kier alpha value is -2.07. The molecule has 0 amide bonds. The fraction of sp³-hybridized carbons (Fsp3) is 0.294. The van der Waals surface area contributed by atoms with Gasteiger partial charge in [0.05, 0.1) is 29.6 Å². The van der Waals surface area contributed by atoms with Crippen molar-refractivity contribution < 1.29 is 17.7 Å². The fourth-order valence-electron chi connectivity index (χ4n) is 2.61. The second kappa shape index (κ2) is 7.67. The summed E-state index contributed by atoms with van der Waals surface area (Å²) in [7, 11) is -2.21. The first-order valence-corrected chi connectivity index (χ1v) is 10.2. The smallest absolute Gasteiger partial charge is 0.250 e. The number of nitrogens with zero attached hydrogens (tertiary/aromatic N) is 2. The summed E-state index contributed by atoms with van der Waals surface area (Å²) in [6.07, 6.45) is 1.62. The molecule has 3 aromatic heterocycles. The van der Waals surface area contributed by atoms with Gasteiger partial charge >= 0.3 is 0 Å². The molecule has 0 aliphatic carbocycles. The van der Waals surface area contributed by atoms with Gasteiger partial charge in [0.1, 0.15) is 9.97 Å². The van der Waals surface area contributed by atoms with Crippen LogP contribution in [0.3, 0.4) is 0 Å². The van der Waals surface area contributed by atoms with Gasteiger partial charge in [0.2, 0.25) is 0 Å². The number of methoxy groups -OCH3 is 1. The number of ether oxygens (including phenoxy) is 1. The fourth-order valence-corrected chi connectivity index (χ4v) is 5.27. The van der Waals surface area contributed by atoms with Crippen LogP contribution >= 0.6 is 11.3 Å². The van der Waals surface area contributed by atoms with E-state index in [0.29, 0.717) is 11.5 Å². The van der Waals surface area contributed by atoms with E-state index in [1.807, 2.05) is 6.92 Å². The molecule has 138 valence electrons. The zero-order chi connectivity index (χ0) is 18.7. The maximum absolute atomic E-state index is 12.8. The highest BCUT2D eigenvalue weighted by Crippen LogP contribution is 2.35. The van der Waals surface area contributed by atoms with E-state index in [4.69, 9.17) is 9.26 Å². The Morgan fingerprint density at radius 3 is 2.69 bits per heavy atom. The van der Waals surface area contributed by atoms with Crippen molar-refractivity contribution in [2.24, 2.45) is 0 Å². The Bertz CT molecular complexity index is 961. The van der Waals surface area contributed by atoms with Crippen LogP contribution in [0.4, 0.5) is 0 Å². The van der Waals surface area contributed by atoms with Crippen molar-refractivity contribution in [2.75, 3.05) is 13.7 Å². The summed E-state index contributed by atoms with van der Waals surface area (Å²) in [4.78, 5) is 5.01. The second-order valence-corrected chi connectivity index (χ2v) is 8.73. The first-order valence-electron chi connectivity index (χ1n) is 7.87. The summed E-state index contributed by atoms with van der Waals surface area (Å²) in [6.45, 7) is 3.81. The van der Waals surface area contributed by atoms with Crippen LogP contribution in [0, 0.1) is 13.8 Å². The molecule has 0 bridgehead atoms. The normalized spacial score (nSPS) is 13.0. The molecule has 0 saturated heterocycles. The van der Waals surface area contributed by atoms with E-state index < -0.39 is 16.1 Å². The largest absolute Gasteiger partial charge is 0.383 e. The van der Waals surface area contributed by atoms with Crippen molar-refractivity contribution in [3.05, 3.63) is 53.7 Å². The van der Waals surface area contributed by atoms with Crippen molar-refractivity contribution in [1.29, 1.82) is 0 Å². The summed E-state index contributed by atoms with van der Waals surface area (Å²) in [5.41, 5.74) is 2.15. The van der Waals surface area contributed by atoms with Crippen LogP contribution in [0.2, 0.25) is 0 Å². The van der Waals surface area contributed by atoms with Crippen molar-refractivity contribution in [3.63, 3.8) is 0 Å². The molecule has 0 fully saturated rings. The van der Waals surface area contributed by atoms with E-state index in [9.17, 15) is 8.42 Å². The Morgan fingerprint density at radius 1 is 1.27 bits per heavy atom. The Balaban J connectivity index is 1.88. The average molecular weight is 393 g/mol. The quantitative estimate of drug-likeness (QED) is 0.663. The minimum Gasteiger partial charge on any atom is -0.383 e. The van der Waals surface area contributed by atoms with Crippen molar-refractivity contribution >= 4 is 21.4 Å². The topological polar surface area (TPSA) is 94.3 Å². The van der Waals surface area contributed by atoms with Crippen LogP contribution in [0.5, 0.6) is 0 Å². The minimum absolute atomic E-state index is 0.179. The maximum Gasteiger partial charge on any atom is 0.250 e. The van der Waals surface area contributed by atoms with E-state index in [0.717, 1.165) is 16.1 Å². The Kier molecular flexibility index (Phi) is 5.52. The molecule has 1 unspecified atom stereocenters. The first kappa shape index (κ1) is 18.7. The lowest BCUT2D eigenvalue weighted by atomic mass is 10.2. The van der Waals surface area contributed by atoms with Crippen LogP contribution in [-0.4, -0.2) is 32.3 Å². The molecule has 0 spiro atoms. The molecular formula is C17H19N3O4S2. The number of aryl methyl sites for hydroxylation is 2. The van der Waals surface area contributed by atoms with E-state index in [2.05, 4.69) is 14.9 Å². The van der Waals surface area contributed by atoms with Crippen LogP contribution in [0.1, 0.15) is 23.2 Å². The number of nitrogens with one attached hydrogen (secondary N) is 1. The zero-order valence-corrected chi connectivity index (χ0v) is 16.2. The molecule has 3 aromatic rings. The van der Waals surface area contributed by atoms with Crippen molar-refractivity contribution in [1.82, 2.24) is 14.9 Å². The summed E-state index contributed by atoms with van der Waals surface area (Å²) in [6, 6.07) is 8.11. The number of rotatable bonds is 7. The van der Waals surface area contributed by atoms with Gasteiger partial charge < -0.3 is 9.26 Å². The lowest BCUT2D eigenvalue weighted by Crippen LogP contribution is -2.31. The molecule has 9 heteroatoms. The summed E-state index contributed by atoms with van der Waals surface area (Å²) < 4.78 is 38.8. The predicted molar refractivity (Wildman–Crippen MR) is 98.5 cm³/mol. The van der Waals surface area contributed by atoms with E-state index in [1.54, 1.807) is 43.5 Å². The minimum atomic E-state index is -3.73. The molecule has 26 heavy (non-hydrogen) atoms. The number of sulfonamides is 1. The third-order valence-electron chi connectivity index (χ3n) is 3.80. The molecule has 0 aliphatic rings. The average Bonchev–Trinajstić information content (AvgIpc) is 3.22. The highest BCUT2D eigenvalue weighted by atomic mass is 32.2. The molecule has 0 radical (unpaired) electrons. The number of pyridine rings is 1. The molecule has 0 saturated carbocycles. The van der Waals surface area contributed by atoms with Gasteiger partial charge in [-0.25, -0.2) is 8.42 Å². The van der Waals surface area contributed by atoms with Crippen LogP contribution in [0.15, 0.2) is 45.3 Å². The maximum atomic E-state index is 12.8.